The Labute approximate surface area is 203 Å². The maximum Gasteiger partial charge on any atom is 0.230 e. The molecule has 0 aliphatic carbocycles. The van der Waals surface area contributed by atoms with Crippen molar-refractivity contribution in [2.45, 2.75) is 11.6 Å². The third kappa shape index (κ3) is 6.09. The van der Waals surface area contributed by atoms with E-state index in [9.17, 15) is 4.79 Å². The molecule has 3 aromatic rings. The number of methoxy groups -OCH3 is 1. The molecule has 4 rings (SSSR count). The van der Waals surface area contributed by atoms with Gasteiger partial charge in [-0.3, -0.25) is 4.79 Å². The van der Waals surface area contributed by atoms with Gasteiger partial charge in [0.25, 0.3) is 0 Å². The van der Waals surface area contributed by atoms with E-state index < -0.39 is 0 Å². The molecule has 0 atom stereocenters. The van der Waals surface area contributed by atoms with Gasteiger partial charge >= 0.3 is 0 Å². The number of piperazine rings is 1. The first-order valence-electron chi connectivity index (χ1n) is 10.7. The molecule has 7 nitrogen and oxygen atoms in total. The fourth-order valence-electron chi connectivity index (χ4n) is 3.68. The SMILES string of the molecule is COc1ccccc1N1CCN(c2cc(SCC(=O)NCc3ccccc3Cl)ncn2)CC1. The number of nitrogens with one attached hydrogen (secondary N) is 1. The van der Waals surface area contributed by atoms with Crippen molar-refractivity contribution in [3.8, 4) is 5.75 Å². The second kappa shape index (κ2) is 11.2. The molecule has 1 N–H and O–H groups in total. The summed E-state index contributed by atoms with van der Waals surface area (Å²) >= 11 is 7.54. The quantitative estimate of drug-likeness (QED) is 0.385. The number of carbonyl (C=O) groups is 1. The van der Waals surface area contributed by atoms with Crippen LogP contribution >= 0.6 is 23.4 Å². The van der Waals surface area contributed by atoms with Crippen molar-refractivity contribution in [2.24, 2.45) is 0 Å². The Kier molecular flexibility index (Phi) is 7.91. The Morgan fingerprint density at radius 2 is 1.79 bits per heavy atom. The van der Waals surface area contributed by atoms with Crippen molar-refractivity contribution in [1.29, 1.82) is 0 Å². The Bertz CT molecular complexity index is 1090. The van der Waals surface area contributed by atoms with Crippen LogP contribution in [-0.2, 0) is 11.3 Å². The molecular weight excluding hydrogens is 458 g/mol. The highest BCUT2D eigenvalue weighted by Crippen LogP contribution is 2.29. The lowest BCUT2D eigenvalue weighted by Gasteiger charge is -2.37. The molecule has 0 unspecified atom stereocenters. The van der Waals surface area contributed by atoms with Crippen molar-refractivity contribution in [3.63, 3.8) is 0 Å². The molecule has 1 amide bonds. The van der Waals surface area contributed by atoms with Crippen LogP contribution in [0.3, 0.4) is 0 Å². The van der Waals surface area contributed by atoms with E-state index in [0.717, 1.165) is 54.0 Å². The minimum absolute atomic E-state index is 0.0643. The van der Waals surface area contributed by atoms with Gasteiger partial charge in [-0.05, 0) is 23.8 Å². The van der Waals surface area contributed by atoms with Crippen LogP contribution in [-0.4, -0.2) is 54.9 Å². The topological polar surface area (TPSA) is 70.6 Å². The number of hydrogen-bond acceptors (Lipinski definition) is 7. The fourth-order valence-corrected chi connectivity index (χ4v) is 4.57. The van der Waals surface area contributed by atoms with Crippen molar-refractivity contribution < 1.29 is 9.53 Å². The second-order valence-electron chi connectivity index (χ2n) is 7.52. The normalized spacial score (nSPS) is 13.6. The van der Waals surface area contributed by atoms with Gasteiger partial charge in [-0.1, -0.05) is 53.7 Å². The lowest BCUT2D eigenvalue weighted by Crippen LogP contribution is -2.47. The van der Waals surface area contributed by atoms with Crippen LogP contribution in [0.4, 0.5) is 11.5 Å². The molecule has 9 heteroatoms. The minimum Gasteiger partial charge on any atom is -0.495 e. The molecule has 0 radical (unpaired) electrons. The Morgan fingerprint density at radius 3 is 2.58 bits per heavy atom. The highest BCUT2D eigenvalue weighted by molar-refractivity contribution is 7.99. The number of nitrogens with zero attached hydrogens (tertiary/aromatic N) is 4. The molecule has 0 bridgehead atoms. The summed E-state index contributed by atoms with van der Waals surface area (Å²) in [5.41, 5.74) is 2.01. The summed E-state index contributed by atoms with van der Waals surface area (Å²) in [6.07, 6.45) is 1.56. The highest BCUT2D eigenvalue weighted by Gasteiger charge is 2.21. The lowest BCUT2D eigenvalue weighted by molar-refractivity contribution is -0.118. The first-order valence-corrected chi connectivity index (χ1v) is 12.1. The zero-order chi connectivity index (χ0) is 23.0. The highest BCUT2D eigenvalue weighted by atomic mass is 35.5. The molecule has 0 saturated carbocycles. The van der Waals surface area contributed by atoms with Crippen LogP contribution in [0.15, 0.2) is 66.0 Å². The number of para-hydroxylation sites is 2. The Hall–Kier alpha value is -2.97. The molecule has 33 heavy (non-hydrogen) atoms. The number of hydrogen-bond donors (Lipinski definition) is 1. The fraction of sp³-hybridized carbons (Fsp3) is 0.292. The summed E-state index contributed by atoms with van der Waals surface area (Å²) in [7, 11) is 1.70. The van der Waals surface area contributed by atoms with E-state index in [4.69, 9.17) is 16.3 Å². The molecule has 2 aromatic carbocycles. The number of rotatable bonds is 8. The molecule has 1 aromatic heterocycles. The zero-order valence-electron chi connectivity index (χ0n) is 18.4. The van der Waals surface area contributed by atoms with Crippen LogP contribution in [0.25, 0.3) is 0 Å². The van der Waals surface area contributed by atoms with Crippen LogP contribution < -0.4 is 19.9 Å². The monoisotopic (exact) mass is 483 g/mol. The van der Waals surface area contributed by atoms with Gasteiger partial charge in [0.1, 0.15) is 22.9 Å². The number of benzene rings is 2. The maximum absolute atomic E-state index is 12.3. The maximum atomic E-state index is 12.3. The van der Waals surface area contributed by atoms with Gasteiger partial charge in [-0.15, -0.1) is 0 Å². The first kappa shape index (κ1) is 23.2. The van der Waals surface area contributed by atoms with Crippen molar-refractivity contribution in [1.82, 2.24) is 15.3 Å². The van der Waals surface area contributed by atoms with E-state index in [-0.39, 0.29) is 11.7 Å². The predicted octanol–water partition coefficient (Wildman–Crippen LogP) is 3.87. The average molecular weight is 484 g/mol. The Balaban J connectivity index is 1.28. The van der Waals surface area contributed by atoms with Crippen LogP contribution in [0.5, 0.6) is 5.75 Å². The molecule has 172 valence electrons. The number of anilines is 2. The largest absolute Gasteiger partial charge is 0.495 e. The predicted molar refractivity (Wildman–Crippen MR) is 133 cm³/mol. The average Bonchev–Trinajstić information content (AvgIpc) is 2.87. The summed E-state index contributed by atoms with van der Waals surface area (Å²) in [5.74, 6) is 1.98. The van der Waals surface area contributed by atoms with Crippen LogP contribution in [0.2, 0.25) is 5.02 Å². The molecule has 1 saturated heterocycles. The van der Waals surface area contributed by atoms with Gasteiger partial charge in [0.15, 0.2) is 0 Å². The van der Waals surface area contributed by atoms with E-state index in [1.165, 1.54) is 11.8 Å². The van der Waals surface area contributed by atoms with Crippen molar-refractivity contribution in [2.75, 3.05) is 48.8 Å². The smallest absolute Gasteiger partial charge is 0.230 e. The summed E-state index contributed by atoms with van der Waals surface area (Å²) in [5, 5.41) is 4.33. The number of halogens is 1. The van der Waals surface area contributed by atoms with E-state index in [1.807, 2.05) is 48.5 Å². The number of ether oxygens (including phenoxy) is 1. The van der Waals surface area contributed by atoms with Gasteiger partial charge < -0.3 is 19.9 Å². The molecule has 1 aliphatic heterocycles. The molecule has 1 fully saturated rings. The number of aromatic nitrogens is 2. The number of carbonyl (C=O) groups excluding carboxylic acids is 1. The van der Waals surface area contributed by atoms with Gasteiger partial charge in [0.05, 0.1) is 18.6 Å². The second-order valence-corrected chi connectivity index (χ2v) is 8.92. The van der Waals surface area contributed by atoms with Gasteiger partial charge in [0, 0.05) is 43.8 Å². The van der Waals surface area contributed by atoms with Crippen LogP contribution in [0.1, 0.15) is 5.56 Å². The summed E-state index contributed by atoms with van der Waals surface area (Å²) < 4.78 is 5.50. The molecule has 2 heterocycles. The molecule has 1 aliphatic rings. The summed E-state index contributed by atoms with van der Waals surface area (Å²) in [4.78, 5) is 25.6. The minimum atomic E-state index is -0.0643. The Morgan fingerprint density at radius 1 is 1.06 bits per heavy atom. The van der Waals surface area contributed by atoms with Gasteiger partial charge in [-0.2, -0.15) is 0 Å². The summed E-state index contributed by atoms with van der Waals surface area (Å²) in [6, 6.07) is 17.5. The van der Waals surface area contributed by atoms with Crippen molar-refractivity contribution in [3.05, 3.63) is 71.5 Å². The van der Waals surface area contributed by atoms with Gasteiger partial charge in [-0.25, -0.2) is 9.97 Å². The van der Waals surface area contributed by atoms with Gasteiger partial charge in [0.2, 0.25) is 5.91 Å². The van der Waals surface area contributed by atoms with E-state index >= 15 is 0 Å². The first-order chi connectivity index (χ1) is 16.1. The third-order valence-corrected chi connectivity index (χ3v) is 6.74. The molecular formula is C24H26ClN5O2S. The molecule has 0 spiro atoms. The van der Waals surface area contributed by atoms with Crippen LogP contribution in [0, 0.1) is 0 Å². The zero-order valence-corrected chi connectivity index (χ0v) is 20.0. The number of amides is 1. The number of thioether (sulfide) groups is 1. The van der Waals surface area contributed by atoms with E-state index in [0.29, 0.717) is 11.6 Å². The van der Waals surface area contributed by atoms with E-state index in [2.05, 4.69) is 31.2 Å². The summed E-state index contributed by atoms with van der Waals surface area (Å²) in [6.45, 7) is 3.84. The van der Waals surface area contributed by atoms with E-state index in [1.54, 1.807) is 13.4 Å². The van der Waals surface area contributed by atoms with Crippen molar-refractivity contribution >= 4 is 40.8 Å². The standard InChI is InChI=1S/C24H26ClN5O2S/c1-32-21-9-5-4-8-20(21)29-10-12-30(13-11-29)22-14-24(28-17-27-22)33-16-23(31)26-15-18-6-2-3-7-19(18)25/h2-9,14,17H,10-13,15-16H2,1H3,(H,26,31). The third-order valence-electron chi connectivity index (χ3n) is 5.44. The lowest BCUT2D eigenvalue weighted by atomic mass is 10.2.